The van der Waals surface area contributed by atoms with E-state index in [0.717, 1.165) is 90.2 Å². The van der Waals surface area contributed by atoms with Crippen LogP contribution < -0.4 is 0 Å². The average Bonchev–Trinajstić information content (AvgIpc) is 3.76. The van der Waals surface area contributed by atoms with Crippen molar-refractivity contribution in [2.45, 2.75) is 12.8 Å². The number of benzene rings is 9. The van der Waals surface area contributed by atoms with Gasteiger partial charge < -0.3 is 4.42 Å². The van der Waals surface area contributed by atoms with Gasteiger partial charge in [-0.25, -0.2) is 15.0 Å². The zero-order valence-corrected chi connectivity index (χ0v) is 34.4. The van der Waals surface area contributed by atoms with E-state index in [2.05, 4.69) is 200 Å². The molecule has 2 heterocycles. The Morgan fingerprint density at radius 3 is 1.76 bits per heavy atom. The fourth-order valence-electron chi connectivity index (χ4n) is 9.27. The number of allylic oxidation sites excluding steroid dienone is 1. The summed E-state index contributed by atoms with van der Waals surface area (Å²) in [5.74, 6) is 1.82. The molecule has 0 fully saturated rings. The predicted molar refractivity (Wildman–Crippen MR) is 260 cm³/mol. The topological polar surface area (TPSA) is 51.8 Å². The molecule has 1 aliphatic rings. The highest BCUT2D eigenvalue weighted by molar-refractivity contribution is 6.15. The van der Waals surface area contributed by atoms with Crippen molar-refractivity contribution in [2.24, 2.45) is 0 Å². The van der Waals surface area contributed by atoms with Crippen LogP contribution in [0.15, 0.2) is 211 Å². The Morgan fingerprint density at radius 1 is 0.381 bits per heavy atom. The van der Waals surface area contributed by atoms with E-state index in [9.17, 15) is 0 Å². The maximum Gasteiger partial charge on any atom is 0.164 e. The largest absolute Gasteiger partial charge is 0.455 e. The minimum absolute atomic E-state index is 0.590. The smallest absolute Gasteiger partial charge is 0.164 e. The molecule has 63 heavy (non-hydrogen) atoms. The molecule has 296 valence electrons. The van der Waals surface area contributed by atoms with Gasteiger partial charge in [0.15, 0.2) is 17.5 Å². The standard InChI is InChI=1S/C59H39N3O/c1-3-14-38(15-4-1)46-35-47(39-16-5-2-6-17-39)37-48(36-46)51-24-12-25-52-55-53(26-13-27-54(55)63-56(51)52)59-61-57(60-58(62-59)45-33-28-40-18-7-8-20-44(40)34-45)43-31-29-42(30-32-43)50-23-11-21-41-19-9-10-22-49(41)50/h1-9,11-21,23-37H,10,22H2. The number of nitrogens with zero attached hydrogens (tertiary/aromatic N) is 3. The summed E-state index contributed by atoms with van der Waals surface area (Å²) in [5, 5.41) is 4.27. The summed E-state index contributed by atoms with van der Waals surface area (Å²) >= 11 is 0. The second-order valence-corrected chi connectivity index (χ2v) is 16.3. The zero-order valence-electron chi connectivity index (χ0n) is 34.4. The lowest BCUT2D eigenvalue weighted by atomic mass is 9.89. The van der Waals surface area contributed by atoms with E-state index >= 15 is 0 Å². The zero-order chi connectivity index (χ0) is 41.7. The Balaban J connectivity index is 1.02. The van der Waals surface area contributed by atoms with E-state index in [4.69, 9.17) is 19.4 Å². The maximum atomic E-state index is 6.89. The number of para-hydroxylation sites is 1. The Bertz CT molecular complexity index is 3490. The molecule has 4 heteroatoms. The molecule has 2 aromatic heterocycles. The summed E-state index contributed by atoms with van der Waals surface area (Å²) in [5.41, 5.74) is 16.2. The molecule has 9 aromatic carbocycles. The number of fused-ring (bicyclic) bond motifs is 5. The van der Waals surface area contributed by atoms with E-state index < -0.39 is 0 Å². The molecule has 0 bridgehead atoms. The summed E-state index contributed by atoms with van der Waals surface area (Å²) in [7, 11) is 0. The molecule has 12 rings (SSSR count). The molecule has 0 amide bonds. The van der Waals surface area contributed by atoms with Gasteiger partial charge in [0.25, 0.3) is 0 Å². The van der Waals surface area contributed by atoms with E-state index in [1.807, 2.05) is 12.1 Å². The Labute approximate surface area is 365 Å². The highest BCUT2D eigenvalue weighted by Gasteiger charge is 2.21. The van der Waals surface area contributed by atoms with Gasteiger partial charge in [-0.3, -0.25) is 0 Å². The number of hydrogen-bond acceptors (Lipinski definition) is 4. The average molecular weight is 806 g/mol. The first kappa shape index (κ1) is 36.6. The van der Waals surface area contributed by atoms with Crippen molar-refractivity contribution in [3.8, 4) is 78.7 Å². The second kappa shape index (κ2) is 15.4. The molecule has 0 spiro atoms. The van der Waals surface area contributed by atoms with E-state index in [0.29, 0.717) is 17.5 Å². The van der Waals surface area contributed by atoms with Gasteiger partial charge in [-0.2, -0.15) is 0 Å². The number of rotatable bonds is 7. The minimum Gasteiger partial charge on any atom is -0.455 e. The van der Waals surface area contributed by atoms with Crippen molar-refractivity contribution in [3.05, 3.63) is 217 Å². The van der Waals surface area contributed by atoms with Gasteiger partial charge in [-0.15, -0.1) is 0 Å². The van der Waals surface area contributed by atoms with Gasteiger partial charge in [0.05, 0.1) is 0 Å². The fourth-order valence-corrected chi connectivity index (χ4v) is 9.27. The monoisotopic (exact) mass is 805 g/mol. The van der Waals surface area contributed by atoms with Crippen LogP contribution in [0.3, 0.4) is 0 Å². The molecule has 11 aromatic rings. The third kappa shape index (κ3) is 6.70. The molecular formula is C59H39N3O. The van der Waals surface area contributed by atoms with Crippen molar-refractivity contribution in [2.75, 3.05) is 0 Å². The van der Waals surface area contributed by atoms with Gasteiger partial charge in [-0.1, -0.05) is 182 Å². The quantitative estimate of drug-likeness (QED) is 0.161. The molecular weight excluding hydrogens is 767 g/mol. The molecule has 0 saturated carbocycles. The van der Waals surface area contributed by atoms with Crippen molar-refractivity contribution < 1.29 is 4.42 Å². The van der Waals surface area contributed by atoms with Crippen molar-refractivity contribution in [1.82, 2.24) is 15.0 Å². The fraction of sp³-hybridized carbons (Fsp3) is 0.0339. The maximum absolute atomic E-state index is 6.89. The van der Waals surface area contributed by atoms with Gasteiger partial charge in [0.2, 0.25) is 0 Å². The summed E-state index contributed by atoms with van der Waals surface area (Å²) in [6.07, 6.45) is 6.61. The van der Waals surface area contributed by atoms with Crippen LogP contribution in [-0.2, 0) is 6.42 Å². The molecule has 0 aliphatic heterocycles. The molecule has 0 radical (unpaired) electrons. The van der Waals surface area contributed by atoms with Gasteiger partial charge in [0, 0.05) is 33.0 Å². The second-order valence-electron chi connectivity index (χ2n) is 16.3. The first-order valence-electron chi connectivity index (χ1n) is 21.6. The third-order valence-electron chi connectivity index (χ3n) is 12.4. The van der Waals surface area contributed by atoms with Crippen LogP contribution in [0.25, 0.3) is 117 Å². The predicted octanol–water partition coefficient (Wildman–Crippen LogP) is 15.6. The summed E-state index contributed by atoms with van der Waals surface area (Å²) in [4.78, 5) is 15.7. The summed E-state index contributed by atoms with van der Waals surface area (Å²) in [6, 6.07) is 70.7. The van der Waals surface area contributed by atoms with Crippen LogP contribution in [-0.4, -0.2) is 15.0 Å². The van der Waals surface area contributed by atoms with Crippen LogP contribution in [0.2, 0.25) is 0 Å². The molecule has 4 nitrogen and oxygen atoms in total. The molecule has 0 atom stereocenters. The van der Waals surface area contributed by atoms with E-state index in [-0.39, 0.29) is 0 Å². The Kier molecular flexibility index (Phi) is 8.93. The number of aromatic nitrogens is 3. The molecule has 0 unspecified atom stereocenters. The Morgan fingerprint density at radius 2 is 0.984 bits per heavy atom. The molecule has 1 aliphatic carbocycles. The van der Waals surface area contributed by atoms with Crippen molar-refractivity contribution in [1.29, 1.82) is 0 Å². The third-order valence-corrected chi connectivity index (χ3v) is 12.4. The lowest BCUT2D eigenvalue weighted by Gasteiger charge is -2.16. The first-order valence-corrected chi connectivity index (χ1v) is 21.6. The van der Waals surface area contributed by atoms with Crippen molar-refractivity contribution >= 4 is 38.8 Å². The highest BCUT2D eigenvalue weighted by atomic mass is 16.3. The van der Waals surface area contributed by atoms with Crippen LogP contribution in [0.4, 0.5) is 0 Å². The lowest BCUT2D eigenvalue weighted by molar-refractivity contribution is 0.670. The van der Waals surface area contributed by atoms with Crippen LogP contribution in [0, 0.1) is 0 Å². The van der Waals surface area contributed by atoms with E-state index in [1.165, 1.54) is 27.6 Å². The molecule has 0 saturated heterocycles. The van der Waals surface area contributed by atoms with Crippen molar-refractivity contribution in [3.63, 3.8) is 0 Å². The highest BCUT2D eigenvalue weighted by Crippen LogP contribution is 2.42. The summed E-state index contributed by atoms with van der Waals surface area (Å²) < 4.78 is 6.89. The Hall–Kier alpha value is -8.21. The van der Waals surface area contributed by atoms with Crippen LogP contribution in [0.1, 0.15) is 17.5 Å². The van der Waals surface area contributed by atoms with Crippen LogP contribution in [0.5, 0.6) is 0 Å². The first-order chi connectivity index (χ1) is 31.2. The normalized spacial score (nSPS) is 12.3. The SMILES string of the molecule is C1=Cc2cccc(-c3ccc(-c4nc(-c5ccc6ccccc6c5)nc(-c5cccc6oc7c(-c8cc(-c9ccccc9)cc(-c9ccccc9)c8)cccc7c56)n4)cc3)c2CC1. The van der Waals surface area contributed by atoms with E-state index in [1.54, 1.807) is 0 Å². The number of furan rings is 1. The number of hydrogen-bond donors (Lipinski definition) is 0. The molecule has 0 N–H and O–H groups in total. The minimum atomic E-state index is 0.590. The van der Waals surface area contributed by atoms with Gasteiger partial charge in [0.1, 0.15) is 11.2 Å². The van der Waals surface area contributed by atoms with Crippen LogP contribution >= 0.6 is 0 Å². The van der Waals surface area contributed by atoms with Gasteiger partial charge in [-0.05, 0) is 104 Å². The van der Waals surface area contributed by atoms with Gasteiger partial charge >= 0.3 is 0 Å². The lowest BCUT2D eigenvalue weighted by Crippen LogP contribution is -2.01. The summed E-state index contributed by atoms with van der Waals surface area (Å²) in [6.45, 7) is 0.